The number of rotatable bonds is 3. The maximum absolute atomic E-state index is 13.0. The van der Waals surface area contributed by atoms with Gasteiger partial charge in [0.2, 0.25) is 0 Å². The number of halogens is 1. The first-order valence-electron chi connectivity index (χ1n) is 5.13. The number of hydrogen-bond acceptors (Lipinski definition) is 2. The largest absolute Gasteiger partial charge is 0.399 e. The Labute approximate surface area is 102 Å². The smallest absolute Gasteiger partial charge is 0.123 e. The fraction of sp³-hybridized carbons (Fsp3) is 0.0769. The van der Waals surface area contributed by atoms with Crippen LogP contribution in [0.3, 0.4) is 0 Å². The van der Waals surface area contributed by atoms with Gasteiger partial charge in [-0.25, -0.2) is 4.39 Å². The van der Waals surface area contributed by atoms with E-state index >= 15 is 0 Å². The molecule has 0 aliphatic rings. The van der Waals surface area contributed by atoms with Crippen molar-refractivity contribution in [1.82, 2.24) is 0 Å². The minimum atomic E-state index is -1.17. The number of nitrogen functional groups attached to an aromatic ring is 1. The van der Waals surface area contributed by atoms with Crippen LogP contribution in [-0.2, 0) is 16.6 Å². The molecule has 2 nitrogen and oxygen atoms in total. The Morgan fingerprint density at radius 3 is 2.47 bits per heavy atom. The third kappa shape index (κ3) is 3.14. The van der Waals surface area contributed by atoms with Crippen LogP contribution in [0, 0.1) is 5.82 Å². The average molecular weight is 249 g/mol. The van der Waals surface area contributed by atoms with Crippen molar-refractivity contribution in [2.75, 3.05) is 5.73 Å². The van der Waals surface area contributed by atoms with Gasteiger partial charge < -0.3 is 5.73 Å². The van der Waals surface area contributed by atoms with E-state index in [1.807, 2.05) is 0 Å². The van der Waals surface area contributed by atoms with Crippen molar-refractivity contribution in [3.63, 3.8) is 0 Å². The monoisotopic (exact) mass is 249 g/mol. The van der Waals surface area contributed by atoms with Crippen molar-refractivity contribution in [2.24, 2.45) is 0 Å². The molecule has 0 saturated carbocycles. The molecule has 2 aromatic carbocycles. The predicted molar refractivity (Wildman–Crippen MR) is 67.4 cm³/mol. The van der Waals surface area contributed by atoms with Crippen LogP contribution < -0.4 is 5.73 Å². The van der Waals surface area contributed by atoms with E-state index in [1.54, 1.807) is 36.4 Å². The van der Waals surface area contributed by atoms with Gasteiger partial charge in [0.15, 0.2) is 0 Å². The molecule has 17 heavy (non-hydrogen) atoms. The minimum absolute atomic E-state index is 0.307. The summed E-state index contributed by atoms with van der Waals surface area (Å²) >= 11 is 0. The number of hydrogen-bond donors (Lipinski definition) is 1. The maximum atomic E-state index is 13.0. The van der Waals surface area contributed by atoms with E-state index in [0.717, 1.165) is 5.56 Å². The van der Waals surface area contributed by atoms with Crippen molar-refractivity contribution in [2.45, 2.75) is 10.6 Å². The van der Waals surface area contributed by atoms with Gasteiger partial charge >= 0.3 is 0 Å². The molecule has 0 aromatic heterocycles. The fourth-order valence-corrected chi connectivity index (χ4v) is 2.57. The minimum Gasteiger partial charge on any atom is -0.399 e. The van der Waals surface area contributed by atoms with E-state index in [4.69, 9.17) is 5.73 Å². The zero-order valence-electron chi connectivity index (χ0n) is 9.10. The lowest BCUT2D eigenvalue weighted by Crippen LogP contribution is -1.97. The van der Waals surface area contributed by atoms with E-state index < -0.39 is 10.8 Å². The van der Waals surface area contributed by atoms with E-state index in [9.17, 15) is 8.60 Å². The second-order valence-corrected chi connectivity index (χ2v) is 5.14. The van der Waals surface area contributed by atoms with Gasteiger partial charge in [-0.3, -0.25) is 4.21 Å². The van der Waals surface area contributed by atoms with Gasteiger partial charge in [0, 0.05) is 10.6 Å². The molecule has 0 amide bonds. The van der Waals surface area contributed by atoms with Gasteiger partial charge in [-0.1, -0.05) is 12.1 Å². The first-order valence-corrected chi connectivity index (χ1v) is 6.45. The molecule has 0 fully saturated rings. The lowest BCUT2D eigenvalue weighted by molar-refractivity contribution is 0.626. The van der Waals surface area contributed by atoms with Crippen LogP contribution in [0.5, 0.6) is 0 Å². The van der Waals surface area contributed by atoms with Crippen LogP contribution >= 0.6 is 0 Å². The van der Waals surface area contributed by atoms with Gasteiger partial charge in [0.25, 0.3) is 0 Å². The summed E-state index contributed by atoms with van der Waals surface area (Å²) in [6.45, 7) is 0. The molecule has 88 valence electrons. The third-order valence-corrected chi connectivity index (χ3v) is 3.72. The molecule has 1 atom stereocenters. The van der Waals surface area contributed by atoms with Crippen LogP contribution in [-0.4, -0.2) is 4.21 Å². The summed E-state index contributed by atoms with van der Waals surface area (Å²) in [6.07, 6.45) is 0. The topological polar surface area (TPSA) is 43.1 Å². The Morgan fingerprint density at radius 1 is 1.12 bits per heavy atom. The summed E-state index contributed by atoms with van der Waals surface area (Å²) in [6, 6.07) is 13.0. The molecule has 0 aliphatic heterocycles. The maximum Gasteiger partial charge on any atom is 0.123 e. The van der Waals surface area contributed by atoms with Crippen LogP contribution in [0.15, 0.2) is 53.4 Å². The molecule has 0 spiro atoms. The summed E-state index contributed by atoms with van der Waals surface area (Å²) in [7, 11) is -1.17. The molecule has 0 bridgehead atoms. The molecular weight excluding hydrogens is 237 g/mol. The first-order chi connectivity index (χ1) is 8.15. The van der Waals surface area contributed by atoms with Crippen LogP contribution in [0.4, 0.5) is 10.1 Å². The second kappa shape index (κ2) is 5.10. The highest BCUT2D eigenvalue weighted by Crippen LogP contribution is 2.14. The number of anilines is 1. The predicted octanol–water partition coefficient (Wildman–Crippen LogP) is 2.72. The molecule has 2 N–H and O–H groups in total. The molecular formula is C13H12FNOS. The zero-order valence-corrected chi connectivity index (χ0v) is 9.91. The summed E-state index contributed by atoms with van der Waals surface area (Å²) in [5, 5.41) is 0. The Morgan fingerprint density at radius 2 is 1.82 bits per heavy atom. The number of benzene rings is 2. The van der Waals surface area contributed by atoms with Gasteiger partial charge in [-0.05, 0) is 42.0 Å². The van der Waals surface area contributed by atoms with Crippen LogP contribution in [0.25, 0.3) is 0 Å². The molecule has 2 aromatic rings. The normalized spacial score (nSPS) is 12.3. The molecule has 0 aliphatic carbocycles. The Kier molecular flexibility index (Phi) is 3.54. The van der Waals surface area contributed by atoms with E-state index in [0.29, 0.717) is 16.3 Å². The molecule has 0 heterocycles. The average Bonchev–Trinajstić information content (AvgIpc) is 2.29. The van der Waals surface area contributed by atoms with Crippen LogP contribution in [0.1, 0.15) is 5.56 Å². The molecule has 0 saturated heterocycles. The highest BCUT2D eigenvalue weighted by atomic mass is 32.2. The molecule has 1 unspecified atom stereocenters. The Balaban J connectivity index is 2.14. The first kappa shape index (κ1) is 11.8. The summed E-state index contributed by atoms with van der Waals surface area (Å²) in [4.78, 5) is 0.698. The van der Waals surface area contributed by atoms with Gasteiger partial charge in [0.05, 0.1) is 16.6 Å². The van der Waals surface area contributed by atoms with Crippen molar-refractivity contribution in [1.29, 1.82) is 0 Å². The van der Waals surface area contributed by atoms with E-state index in [-0.39, 0.29) is 5.82 Å². The number of nitrogens with two attached hydrogens (primary N) is 1. The Hall–Kier alpha value is -1.68. The standard InChI is InChI=1S/C13H12FNOS/c14-11-3-1-2-10(8-11)9-17(16)13-6-4-12(15)5-7-13/h1-8H,9,15H2. The SMILES string of the molecule is Nc1ccc(S(=O)Cc2cccc(F)c2)cc1. The zero-order chi connectivity index (χ0) is 12.3. The summed E-state index contributed by atoms with van der Waals surface area (Å²) in [5.74, 6) is -0.00129. The van der Waals surface area contributed by atoms with Gasteiger partial charge in [0.1, 0.15) is 5.82 Å². The lowest BCUT2D eigenvalue weighted by atomic mass is 10.2. The van der Waals surface area contributed by atoms with E-state index in [1.165, 1.54) is 12.1 Å². The summed E-state index contributed by atoms with van der Waals surface area (Å²) in [5.41, 5.74) is 6.91. The molecule has 2 rings (SSSR count). The van der Waals surface area contributed by atoms with Crippen molar-refractivity contribution in [3.8, 4) is 0 Å². The third-order valence-electron chi connectivity index (χ3n) is 2.33. The Bertz CT molecular complexity index is 539. The summed E-state index contributed by atoms with van der Waals surface area (Å²) < 4.78 is 24.9. The quantitative estimate of drug-likeness (QED) is 0.850. The highest BCUT2D eigenvalue weighted by Gasteiger charge is 2.05. The van der Waals surface area contributed by atoms with Crippen molar-refractivity contribution in [3.05, 3.63) is 59.9 Å². The van der Waals surface area contributed by atoms with Gasteiger partial charge in [-0.2, -0.15) is 0 Å². The van der Waals surface area contributed by atoms with Gasteiger partial charge in [-0.15, -0.1) is 0 Å². The van der Waals surface area contributed by atoms with Crippen molar-refractivity contribution < 1.29 is 8.60 Å². The molecule has 4 heteroatoms. The lowest BCUT2D eigenvalue weighted by Gasteiger charge is -2.03. The van der Waals surface area contributed by atoms with Crippen LogP contribution in [0.2, 0.25) is 0 Å². The van der Waals surface area contributed by atoms with E-state index in [2.05, 4.69) is 0 Å². The highest BCUT2D eigenvalue weighted by molar-refractivity contribution is 7.84. The van der Waals surface area contributed by atoms with Crippen molar-refractivity contribution >= 4 is 16.5 Å². The fourth-order valence-electron chi connectivity index (χ4n) is 1.48. The molecule has 0 radical (unpaired) electrons. The second-order valence-electron chi connectivity index (χ2n) is 3.69.